The van der Waals surface area contributed by atoms with Gasteiger partial charge in [-0.05, 0) is 49.4 Å². The molecule has 5 nitrogen and oxygen atoms in total. The standard InChI is InChI=1S/C20H18ClN3O2/c1-13-3-5-14(6-4-13)24-20(25)18-12-16(9-10-22-18)23-15-7-8-19(26-2)17(21)11-15/h3-12H,1-2H3,(H,22,23)(H,24,25). The zero-order valence-corrected chi connectivity index (χ0v) is 15.2. The highest BCUT2D eigenvalue weighted by molar-refractivity contribution is 6.32. The van der Waals surface area contributed by atoms with Crippen LogP contribution in [-0.4, -0.2) is 18.0 Å². The predicted molar refractivity (Wildman–Crippen MR) is 105 cm³/mol. The van der Waals surface area contributed by atoms with Crippen LogP contribution in [0.25, 0.3) is 0 Å². The molecule has 2 aromatic carbocycles. The van der Waals surface area contributed by atoms with Crippen molar-refractivity contribution in [3.05, 3.63) is 77.1 Å². The average Bonchev–Trinajstić information content (AvgIpc) is 2.64. The number of methoxy groups -OCH3 is 1. The Morgan fingerprint density at radius 2 is 1.69 bits per heavy atom. The molecule has 0 unspecified atom stereocenters. The molecule has 0 radical (unpaired) electrons. The summed E-state index contributed by atoms with van der Waals surface area (Å²) in [5, 5.41) is 6.54. The fraction of sp³-hybridized carbons (Fsp3) is 0.100. The van der Waals surface area contributed by atoms with E-state index < -0.39 is 0 Å². The molecule has 0 fully saturated rings. The number of carbonyl (C=O) groups is 1. The van der Waals surface area contributed by atoms with Gasteiger partial charge < -0.3 is 15.4 Å². The normalized spacial score (nSPS) is 10.3. The Bertz CT molecular complexity index is 927. The van der Waals surface area contributed by atoms with Gasteiger partial charge in [-0.2, -0.15) is 0 Å². The van der Waals surface area contributed by atoms with Gasteiger partial charge in [-0.25, -0.2) is 0 Å². The Morgan fingerprint density at radius 3 is 2.38 bits per heavy atom. The van der Waals surface area contributed by atoms with Crippen molar-refractivity contribution in [1.82, 2.24) is 4.98 Å². The molecule has 0 saturated heterocycles. The van der Waals surface area contributed by atoms with Gasteiger partial charge in [0.15, 0.2) is 0 Å². The summed E-state index contributed by atoms with van der Waals surface area (Å²) in [4.78, 5) is 16.5. The molecule has 0 aliphatic carbocycles. The number of aryl methyl sites for hydroxylation is 1. The molecule has 1 heterocycles. The molecule has 1 aromatic heterocycles. The minimum absolute atomic E-state index is 0.273. The highest BCUT2D eigenvalue weighted by Crippen LogP contribution is 2.28. The third kappa shape index (κ3) is 4.32. The summed E-state index contributed by atoms with van der Waals surface area (Å²) in [6, 6.07) is 16.4. The van der Waals surface area contributed by atoms with E-state index in [1.54, 1.807) is 37.6 Å². The average molecular weight is 368 g/mol. The minimum Gasteiger partial charge on any atom is -0.495 e. The molecule has 0 aliphatic heterocycles. The van der Waals surface area contributed by atoms with Gasteiger partial charge in [-0.3, -0.25) is 9.78 Å². The Hall–Kier alpha value is -3.05. The largest absolute Gasteiger partial charge is 0.495 e. The smallest absolute Gasteiger partial charge is 0.274 e. The van der Waals surface area contributed by atoms with Crippen molar-refractivity contribution in [3.8, 4) is 5.75 Å². The van der Waals surface area contributed by atoms with Gasteiger partial charge in [-0.15, -0.1) is 0 Å². The third-order valence-corrected chi connectivity index (χ3v) is 4.04. The monoisotopic (exact) mass is 367 g/mol. The second kappa shape index (κ2) is 7.89. The van der Waals surface area contributed by atoms with Crippen LogP contribution in [0, 0.1) is 6.92 Å². The quantitative estimate of drug-likeness (QED) is 0.662. The van der Waals surface area contributed by atoms with Crippen LogP contribution in [0.2, 0.25) is 5.02 Å². The van der Waals surface area contributed by atoms with E-state index >= 15 is 0 Å². The molecule has 0 spiro atoms. The molecule has 0 bridgehead atoms. The maximum absolute atomic E-state index is 12.4. The molecule has 2 N–H and O–H groups in total. The summed E-state index contributed by atoms with van der Waals surface area (Å²) in [7, 11) is 1.57. The maximum atomic E-state index is 12.4. The van der Waals surface area contributed by atoms with Crippen molar-refractivity contribution in [3.63, 3.8) is 0 Å². The molecule has 132 valence electrons. The third-order valence-electron chi connectivity index (χ3n) is 3.74. The SMILES string of the molecule is COc1ccc(Nc2ccnc(C(=O)Nc3ccc(C)cc3)c2)cc1Cl. The van der Waals surface area contributed by atoms with E-state index in [1.807, 2.05) is 37.3 Å². The molecule has 26 heavy (non-hydrogen) atoms. The number of nitrogens with zero attached hydrogens (tertiary/aromatic N) is 1. The lowest BCUT2D eigenvalue weighted by Gasteiger charge is -2.10. The number of pyridine rings is 1. The Kier molecular flexibility index (Phi) is 5.39. The van der Waals surface area contributed by atoms with Gasteiger partial charge in [0, 0.05) is 23.3 Å². The number of carbonyl (C=O) groups excluding carboxylic acids is 1. The van der Waals surface area contributed by atoms with Crippen LogP contribution in [0.5, 0.6) is 5.75 Å². The molecule has 6 heteroatoms. The van der Waals surface area contributed by atoms with Crippen LogP contribution in [0.1, 0.15) is 16.1 Å². The van der Waals surface area contributed by atoms with Gasteiger partial charge in [0.05, 0.1) is 12.1 Å². The molecular weight excluding hydrogens is 350 g/mol. The van der Waals surface area contributed by atoms with E-state index in [0.717, 1.165) is 22.6 Å². The number of amides is 1. The molecule has 0 aliphatic rings. The fourth-order valence-electron chi connectivity index (χ4n) is 2.38. The maximum Gasteiger partial charge on any atom is 0.274 e. The van der Waals surface area contributed by atoms with Gasteiger partial charge >= 0.3 is 0 Å². The number of ether oxygens (including phenoxy) is 1. The first-order valence-electron chi connectivity index (χ1n) is 8.00. The van der Waals surface area contributed by atoms with Crippen LogP contribution >= 0.6 is 11.6 Å². The zero-order valence-electron chi connectivity index (χ0n) is 14.4. The van der Waals surface area contributed by atoms with Crippen molar-refractivity contribution in [2.75, 3.05) is 17.7 Å². The topological polar surface area (TPSA) is 63.2 Å². The number of rotatable bonds is 5. The summed E-state index contributed by atoms with van der Waals surface area (Å²) >= 11 is 6.14. The van der Waals surface area contributed by atoms with E-state index in [9.17, 15) is 4.79 Å². The van der Waals surface area contributed by atoms with Crippen molar-refractivity contribution in [1.29, 1.82) is 0 Å². The highest BCUT2D eigenvalue weighted by atomic mass is 35.5. The summed E-state index contributed by atoms with van der Waals surface area (Å²) in [6.07, 6.45) is 1.58. The minimum atomic E-state index is -0.273. The van der Waals surface area contributed by atoms with Gasteiger partial charge in [0.1, 0.15) is 11.4 Å². The number of anilines is 3. The lowest BCUT2D eigenvalue weighted by Crippen LogP contribution is -2.13. The van der Waals surface area contributed by atoms with Crippen molar-refractivity contribution in [2.45, 2.75) is 6.92 Å². The van der Waals surface area contributed by atoms with Crippen LogP contribution in [0.3, 0.4) is 0 Å². The second-order valence-corrected chi connectivity index (χ2v) is 6.13. The Morgan fingerprint density at radius 1 is 1.00 bits per heavy atom. The van der Waals surface area contributed by atoms with Gasteiger partial charge in [-0.1, -0.05) is 29.3 Å². The van der Waals surface area contributed by atoms with Crippen LogP contribution in [0.15, 0.2) is 60.8 Å². The number of halogens is 1. The molecule has 1 amide bonds. The first-order chi connectivity index (χ1) is 12.5. The lowest BCUT2D eigenvalue weighted by atomic mass is 10.2. The summed E-state index contributed by atoms with van der Waals surface area (Å²) in [5.74, 6) is 0.329. The number of aromatic nitrogens is 1. The van der Waals surface area contributed by atoms with E-state index in [2.05, 4.69) is 15.6 Å². The zero-order chi connectivity index (χ0) is 18.5. The van der Waals surface area contributed by atoms with E-state index in [4.69, 9.17) is 16.3 Å². The molecule has 0 atom stereocenters. The number of benzene rings is 2. The highest BCUT2D eigenvalue weighted by Gasteiger charge is 2.09. The van der Waals surface area contributed by atoms with E-state index in [0.29, 0.717) is 16.5 Å². The summed E-state index contributed by atoms with van der Waals surface area (Å²) in [6.45, 7) is 1.99. The van der Waals surface area contributed by atoms with Crippen molar-refractivity contribution >= 4 is 34.6 Å². The first-order valence-corrected chi connectivity index (χ1v) is 8.37. The van der Waals surface area contributed by atoms with Gasteiger partial charge in [0.2, 0.25) is 0 Å². The van der Waals surface area contributed by atoms with E-state index in [1.165, 1.54) is 0 Å². The molecule has 3 aromatic rings. The van der Waals surface area contributed by atoms with Crippen molar-refractivity contribution < 1.29 is 9.53 Å². The fourth-order valence-corrected chi connectivity index (χ4v) is 2.63. The number of hydrogen-bond donors (Lipinski definition) is 2. The molecular formula is C20H18ClN3O2. The lowest BCUT2D eigenvalue weighted by molar-refractivity contribution is 0.102. The number of nitrogens with one attached hydrogen (secondary N) is 2. The van der Waals surface area contributed by atoms with Crippen LogP contribution in [0.4, 0.5) is 17.1 Å². The van der Waals surface area contributed by atoms with Gasteiger partial charge in [0.25, 0.3) is 5.91 Å². The Balaban J connectivity index is 1.74. The summed E-state index contributed by atoms with van der Waals surface area (Å²) in [5.41, 5.74) is 3.69. The first kappa shape index (κ1) is 17.8. The molecule has 0 saturated carbocycles. The summed E-state index contributed by atoms with van der Waals surface area (Å²) < 4.78 is 5.14. The Labute approximate surface area is 157 Å². The number of hydrogen-bond acceptors (Lipinski definition) is 4. The second-order valence-electron chi connectivity index (χ2n) is 5.72. The van der Waals surface area contributed by atoms with Crippen LogP contribution in [-0.2, 0) is 0 Å². The molecule has 3 rings (SSSR count). The van der Waals surface area contributed by atoms with Crippen LogP contribution < -0.4 is 15.4 Å². The van der Waals surface area contributed by atoms with E-state index in [-0.39, 0.29) is 5.91 Å². The van der Waals surface area contributed by atoms with Crippen molar-refractivity contribution in [2.24, 2.45) is 0 Å². The predicted octanol–water partition coefficient (Wildman–Crippen LogP) is 5.05.